The van der Waals surface area contributed by atoms with Gasteiger partial charge < -0.3 is 5.32 Å². The second-order valence-corrected chi connectivity index (χ2v) is 5.18. The van der Waals surface area contributed by atoms with E-state index >= 15 is 0 Å². The van der Waals surface area contributed by atoms with Gasteiger partial charge in [0.05, 0.1) is 5.92 Å². The molecule has 1 N–H and O–H groups in total. The molecule has 1 fully saturated rings. The highest BCUT2D eigenvalue weighted by molar-refractivity contribution is 5.92. The first-order valence-electron chi connectivity index (χ1n) is 6.69. The van der Waals surface area contributed by atoms with E-state index in [0.29, 0.717) is 25.0 Å². The maximum Gasteiger partial charge on any atom is 0.393 e. The van der Waals surface area contributed by atoms with Gasteiger partial charge in [-0.25, -0.2) is 4.98 Å². The quantitative estimate of drug-likeness (QED) is 0.907. The molecule has 1 heterocycles. The molecule has 110 valence electrons. The van der Waals surface area contributed by atoms with Crippen LogP contribution in [0.5, 0.6) is 0 Å². The summed E-state index contributed by atoms with van der Waals surface area (Å²) in [4.78, 5) is 16.0. The van der Waals surface area contributed by atoms with Gasteiger partial charge >= 0.3 is 6.18 Å². The van der Waals surface area contributed by atoms with Crippen molar-refractivity contribution < 1.29 is 18.0 Å². The molecule has 3 nitrogen and oxygen atoms in total. The highest BCUT2D eigenvalue weighted by Crippen LogP contribution is 2.37. The summed E-state index contributed by atoms with van der Waals surface area (Å²) < 4.78 is 38.8. The van der Waals surface area contributed by atoms with Crippen LogP contribution < -0.4 is 5.32 Å². The molecule has 0 saturated heterocycles. The number of halogens is 3. The lowest BCUT2D eigenvalue weighted by molar-refractivity contribution is -0.187. The van der Waals surface area contributed by atoms with Crippen molar-refractivity contribution in [2.24, 2.45) is 5.92 Å². The smallest absolute Gasteiger partial charge is 0.347 e. The average molecular weight is 286 g/mol. The molecule has 1 aromatic rings. The summed E-state index contributed by atoms with van der Waals surface area (Å²) in [6.45, 7) is 1.73. The third-order valence-corrected chi connectivity index (χ3v) is 3.62. The zero-order valence-corrected chi connectivity index (χ0v) is 11.2. The summed E-state index contributed by atoms with van der Waals surface area (Å²) in [6.07, 6.45) is -2.56. The summed E-state index contributed by atoms with van der Waals surface area (Å²) in [5.74, 6) is -1.99. The predicted molar refractivity (Wildman–Crippen MR) is 68.2 cm³/mol. The first-order chi connectivity index (χ1) is 9.38. The number of aryl methyl sites for hydroxylation is 1. The fourth-order valence-electron chi connectivity index (χ4n) is 2.61. The molecule has 0 aromatic carbocycles. The van der Waals surface area contributed by atoms with Gasteiger partial charge in [-0.05, 0) is 31.9 Å². The third-order valence-electron chi connectivity index (χ3n) is 3.62. The minimum atomic E-state index is -4.27. The van der Waals surface area contributed by atoms with Gasteiger partial charge in [0, 0.05) is 11.7 Å². The number of amides is 1. The second-order valence-electron chi connectivity index (χ2n) is 5.18. The van der Waals surface area contributed by atoms with E-state index in [0.717, 1.165) is 0 Å². The number of hydrogen-bond donors (Lipinski definition) is 1. The normalized spacial score (nSPS) is 23.4. The van der Waals surface area contributed by atoms with Crippen LogP contribution in [0.4, 0.5) is 13.2 Å². The van der Waals surface area contributed by atoms with Crippen LogP contribution in [0.15, 0.2) is 18.2 Å². The van der Waals surface area contributed by atoms with Gasteiger partial charge in [-0.1, -0.05) is 18.9 Å². The van der Waals surface area contributed by atoms with Crippen LogP contribution in [-0.4, -0.2) is 23.1 Å². The van der Waals surface area contributed by atoms with Crippen molar-refractivity contribution in [2.75, 3.05) is 0 Å². The summed E-state index contributed by atoms with van der Waals surface area (Å²) >= 11 is 0. The number of rotatable bonds is 2. The number of nitrogens with zero attached hydrogens (tertiary/aromatic N) is 1. The molecule has 2 rings (SSSR count). The van der Waals surface area contributed by atoms with Gasteiger partial charge in [-0.3, -0.25) is 4.79 Å². The van der Waals surface area contributed by atoms with Crippen LogP contribution >= 0.6 is 0 Å². The van der Waals surface area contributed by atoms with Crippen molar-refractivity contribution in [3.05, 3.63) is 29.6 Å². The van der Waals surface area contributed by atoms with Gasteiger partial charge in [-0.15, -0.1) is 0 Å². The van der Waals surface area contributed by atoms with Crippen LogP contribution in [0.2, 0.25) is 0 Å². The molecule has 20 heavy (non-hydrogen) atoms. The lowest BCUT2D eigenvalue weighted by atomic mass is 9.84. The van der Waals surface area contributed by atoms with Crippen molar-refractivity contribution in [1.29, 1.82) is 0 Å². The Kier molecular flexibility index (Phi) is 4.30. The van der Waals surface area contributed by atoms with E-state index in [2.05, 4.69) is 10.3 Å². The monoisotopic (exact) mass is 286 g/mol. The van der Waals surface area contributed by atoms with Crippen LogP contribution in [0.1, 0.15) is 41.9 Å². The molecule has 0 radical (unpaired) electrons. The molecule has 0 unspecified atom stereocenters. The zero-order chi connectivity index (χ0) is 14.8. The molecule has 1 aliphatic rings. The molecule has 1 amide bonds. The van der Waals surface area contributed by atoms with Crippen molar-refractivity contribution in [3.8, 4) is 0 Å². The molecule has 0 spiro atoms. The van der Waals surface area contributed by atoms with Crippen LogP contribution in [0.3, 0.4) is 0 Å². The van der Waals surface area contributed by atoms with Crippen molar-refractivity contribution in [3.63, 3.8) is 0 Å². The zero-order valence-electron chi connectivity index (χ0n) is 11.2. The Bertz CT molecular complexity index is 488. The Balaban J connectivity index is 2.09. The van der Waals surface area contributed by atoms with E-state index in [-0.39, 0.29) is 12.1 Å². The Morgan fingerprint density at radius 2 is 2.00 bits per heavy atom. The number of aromatic nitrogens is 1. The Morgan fingerprint density at radius 3 is 2.65 bits per heavy atom. The minimum absolute atomic E-state index is 0.0791. The van der Waals surface area contributed by atoms with E-state index < -0.39 is 24.0 Å². The van der Waals surface area contributed by atoms with E-state index in [4.69, 9.17) is 0 Å². The van der Waals surface area contributed by atoms with E-state index in [1.165, 1.54) is 6.07 Å². The first-order valence-corrected chi connectivity index (χ1v) is 6.69. The summed E-state index contributed by atoms with van der Waals surface area (Å²) in [7, 11) is 0. The second kappa shape index (κ2) is 5.81. The van der Waals surface area contributed by atoms with Gasteiger partial charge in [0.1, 0.15) is 5.69 Å². The van der Waals surface area contributed by atoms with Crippen LogP contribution in [0, 0.1) is 12.8 Å². The third kappa shape index (κ3) is 3.49. The lowest BCUT2D eigenvalue weighted by Crippen LogP contribution is -2.47. The number of carbonyl (C=O) groups excluding carboxylic acids is 1. The fourth-order valence-corrected chi connectivity index (χ4v) is 2.61. The molecule has 6 heteroatoms. The highest BCUT2D eigenvalue weighted by atomic mass is 19.4. The predicted octanol–water partition coefficient (Wildman–Crippen LogP) is 3.24. The Labute approximate surface area is 115 Å². The van der Waals surface area contributed by atoms with Crippen molar-refractivity contribution >= 4 is 5.91 Å². The van der Waals surface area contributed by atoms with Gasteiger partial charge in [0.2, 0.25) is 0 Å². The largest absolute Gasteiger partial charge is 0.393 e. The molecule has 0 bridgehead atoms. The standard InChI is InChI=1S/C14H17F3N2O/c1-9-5-4-8-12(18-9)13(20)19-11-7-3-2-6-10(11)14(15,16)17/h4-5,8,10-11H,2-3,6-7H2,1H3,(H,19,20)/t10-,11-/m0/s1. The summed E-state index contributed by atoms with van der Waals surface area (Å²) in [5, 5.41) is 2.50. The van der Waals surface area contributed by atoms with Gasteiger partial charge in [0.15, 0.2) is 0 Å². The maximum absolute atomic E-state index is 12.9. The number of hydrogen-bond acceptors (Lipinski definition) is 2. The molecule has 2 atom stereocenters. The molecule has 1 aromatic heterocycles. The van der Waals surface area contributed by atoms with Crippen LogP contribution in [0.25, 0.3) is 0 Å². The highest BCUT2D eigenvalue weighted by Gasteiger charge is 2.46. The van der Waals surface area contributed by atoms with Crippen LogP contribution in [-0.2, 0) is 0 Å². The van der Waals surface area contributed by atoms with E-state index in [1.54, 1.807) is 19.1 Å². The van der Waals surface area contributed by atoms with E-state index in [1.807, 2.05) is 0 Å². The summed E-state index contributed by atoms with van der Waals surface area (Å²) in [5.41, 5.74) is 0.824. The molecule has 1 aliphatic carbocycles. The Morgan fingerprint density at radius 1 is 1.30 bits per heavy atom. The molecule has 0 aliphatic heterocycles. The van der Waals surface area contributed by atoms with Crippen molar-refractivity contribution in [1.82, 2.24) is 10.3 Å². The fraction of sp³-hybridized carbons (Fsp3) is 0.571. The maximum atomic E-state index is 12.9. The number of alkyl halides is 3. The first kappa shape index (κ1) is 14.8. The average Bonchev–Trinajstić information content (AvgIpc) is 2.38. The lowest BCUT2D eigenvalue weighted by Gasteiger charge is -2.33. The topological polar surface area (TPSA) is 42.0 Å². The number of pyridine rings is 1. The van der Waals surface area contributed by atoms with Crippen molar-refractivity contribution in [2.45, 2.75) is 44.8 Å². The minimum Gasteiger partial charge on any atom is -0.347 e. The molecular weight excluding hydrogens is 269 g/mol. The SMILES string of the molecule is Cc1cccc(C(=O)N[C@H]2CCCC[C@@H]2C(F)(F)F)n1. The van der Waals surface area contributed by atoms with Gasteiger partial charge in [0.25, 0.3) is 5.91 Å². The summed E-state index contributed by atoms with van der Waals surface area (Å²) in [6, 6.07) is 4.06. The number of carbonyl (C=O) groups is 1. The van der Waals surface area contributed by atoms with E-state index in [9.17, 15) is 18.0 Å². The van der Waals surface area contributed by atoms with Gasteiger partial charge in [-0.2, -0.15) is 13.2 Å². The molecular formula is C14H17F3N2O. The number of nitrogens with one attached hydrogen (secondary N) is 1. The Hall–Kier alpha value is -1.59. The molecule has 1 saturated carbocycles.